The van der Waals surface area contributed by atoms with Crippen molar-refractivity contribution in [1.82, 2.24) is 19.1 Å². The third-order valence-corrected chi connectivity index (χ3v) is 9.15. The topological polar surface area (TPSA) is 123 Å². The summed E-state index contributed by atoms with van der Waals surface area (Å²) >= 11 is 1.47. The summed E-state index contributed by atoms with van der Waals surface area (Å²) in [4.78, 5) is 13.4. The Balaban J connectivity index is 1.45. The van der Waals surface area contributed by atoms with Crippen LogP contribution in [-0.2, 0) is 20.6 Å². The van der Waals surface area contributed by atoms with Crippen LogP contribution in [0.1, 0.15) is 50.6 Å². The van der Waals surface area contributed by atoms with E-state index in [1.165, 1.54) is 11.8 Å². The lowest BCUT2D eigenvalue weighted by atomic mass is 10.2. The van der Waals surface area contributed by atoms with Gasteiger partial charge >= 0.3 is 0 Å². The van der Waals surface area contributed by atoms with Gasteiger partial charge in [0.15, 0.2) is 5.16 Å². The fourth-order valence-electron chi connectivity index (χ4n) is 4.25. The van der Waals surface area contributed by atoms with Crippen molar-refractivity contribution >= 4 is 39.3 Å². The van der Waals surface area contributed by atoms with E-state index in [9.17, 15) is 13.2 Å². The predicted octanol–water partition coefficient (Wildman–Crippen LogP) is 4.31. The first-order chi connectivity index (χ1) is 17.4. The van der Waals surface area contributed by atoms with E-state index in [0.717, 1.165) is 31.2 Å². The first kappa shape index (κ1) is 26.2. The number of hydrogen-bond acceptors (Lipinski definition) is 7. The number of hydrogen-bond donors (Lipinski definition) is 2. The number of carbonyl (C=O) groups excluding carboxylic acids is 1. The summed E-state index contributed by atoms with van der Waals surface area (Å²) in [5, 5.41) is 11.6. The van der Waals surface area contributed by atoms with Crippen LogP contribution in [0.5, 0.6) is 0 Å². The summed E-state index contributed by atoms with van der Waals surface area (Å²) in [5.74, 6) is 0.574. The van der Waals surface area contributed by atoms with E-state index in [0.29, 0.717) is 36.1 Å². The van der Waals surface area contributed by atoms with E-state index in [4.69, 9.17) is 5.73 Å². The molecule has 1 amide bonds. The van der Waals surface area contributed by atoms with Crippen LogP contribution in [-0.4, -0.2) is 46.5 Å². The Hall–Kier alpha value is -2.89. The second kappa shape index (κ2) is 11.9. The molecule has 1 aliphatic heterocycles. The van der Waals surface area contributed by atoms with E-state index >= 15 is 0 Å². The molecule has 0 aliphatic carbocycles. The van der Waals surface area contributed by atoms with E-state index in [1.807, 2.05) is 37.3 Å². The molecule has 36 heavy (non-hydrogen) atoms. The highest BCUT2D eigenvalue weighted by Gasteiger charge is 2.27. The first-order valence-corrected chi connectivity index (χ1v) is 14.6. The van der Waals surface area contributed by atoms with Gasteiger partial charge in [-0.1, -0.05) is 61.9 Å². The second-order valence-electron chi connectivity index (χ2n) is 8.74. The van der Waals surface area contributed by atoms with Gasteiger partial charge in [-0.15, -0.1) is 10.2 Å². The molecule has 0 radical (unpaired) electrons. The average Bonchev–Trinajstić information content (AvgIpc) is 3.07. The molecule has 0 saturated carbocycles. The molecule has 3 aromatic rings. The van der Waals surface area contributed by atoms with Gasteiger partial charge in [0.2, 0.25) is 21.9 Å². The minimum absolute atomic E-state index is 0.173. The van der Waals surface area contributed by atoms with Gasteiger partial charge in [0.05, 0.1) is 4.90 Å². The smallest absolute Gasteiger partial charge is 0.247 e. The van der Waals surface area contributed by atoms with Gasteiger partial charge in [-0.3, -0.25) is 9.36 Å². The van der Waals surface area contributed by atoms with Crippen LogP contribution in [0.15, 0.2) is 64.6 Å². The Morgan fingerprint density at radius 1 is 1.03 bits per heavy atom. The van der Waals surface area contributed by atoms with Crippen LogP contribution < -0.4 is 11.1 Å². The zero-order valence-electron chi connectivity index (χ0n) is 20.3. The van der Waals surface area contributed by atoms with Crippen LogP contribution >= 0.6 is 11.8 Å². The number of nitrogens with one attached hydrogen (secondary N) is 1. The van der Waals surface area contributed by atoms with Crippen molar-refractivity contribution in [2.24, 2.45) is 0 Å². The zero-order valence-corrected chi connectivity index (χ0v) is 22.0. The van der Waals surface area contributed by atoms with Gasteiger partial charge in [0, 0.05) is 24.5 Å². The summed E-state index contributed by atoms with van der Waals surface area (Å²) in [7, 11) is -3.55. The van der Waals surface area contributed by atoms with Gasteiger partial charge in [0.25, 0.3) is 0 Å². The monoisotopic (exact) mass is 528 g/mol. The van der Waals surface area contributed by atoms with Crippen molar-refractivity contribution in [3.63, 3.8) is 0 Å². The molecule has 2 heterocycles. The van der Waals surface area contributed by atoms with Crippen LogP contribution in [0.4, 0.5) is 11.6 Å². The highest BCUT2D eigenvalue weighted by atomic mass is 32.2. The third-order valence-electron chi connectivity index (χ3n) is 6.23. The second-order valence-corrected chi connectivity index (χ2v) is 11.6. The molecule has 1 atom stereocenters. The number of benzene rings is 2. The minimum atomic E-state index is -3.55. The highest BCUT2D eigenvalue weighted by Crippen LogP contribution is 2.29. The number of thioether (sulfide) groups is 1. The summed E-state index contributed by atoms with van der Waals surface area (Å²) < 4.78 is 29.3. The maximum absolute atomic E-state index is 13.2. The Morgan fingerprint density at radius 3 is 2.33 bits per heavy atom. The largest absolute Gasteiger partial charge is 0.368 e. The molecule has 9 nitrogen and oxygen atoms in total. The molecule has 1 saturated heterocycles. The SMILES string of the molecule is CCC(C(=O)Nc1ccc(S(=O)(=O)N2CCCCCC2)cc1)n1c(N)nnc1SCc1ccccc1. The van der Waals surface area contributed by atoms with Gasteiger partial charge in [-0.25, -0.2) is 8.42 Å². The molecule has 0 bridgehead atoms. The lowest BCUT2D eigenvalue weighted by Gasteiger charge is -2.21. The first-order valence-electron chi connectivity index (χ1n) is 12.2. The molecule has 1 aliphatic rings. The lowest BCUT2D eigenvalue weighted by Crippen LogP contribution is -2.32. The quantitative estimate of drug-likeness (QED) is 0.397. The number of sulfonamides is 1. The normalized spacial score (nSPS) is 15.8. The Morgan fingerprint density at radius 2 is 1.69 bits per heavy atom. The van der Waals surface area contributed by atoms with Crippen molar-refractivity contribution < 1.29 is 13.2 Å². The molecule has 1 fully saturated rings. The number of nitrogens with zero attached hydrogens (tertiary/aromatic N) is 4. The maximum atomic E-state index is 13.2. The van der Waals surface area contributed by atoms with Gasteiger partial charge in [-0.05, 0) is 49.1 Å². The molecule has 0 spiro atoms. The molecule has 1 unspecified atom stereocenters. The highest BCUT2D eigenvalue weighted by molar-refractivity contribution is 7.98. The van der Waals surface area contributed by atoms with Crippen molar-refractivity contribution in [3.8, 4) is 0 Å². The number of carbonyl (C=O) groups is 1. The molecule has 1 aromatic heterocycles. The molecular formula is C25H32N6O3S2. The number of anilines is 2. The maximum Gasteiger partial charge on any atom is 0.247 e. The number of nitrogens with two attached hydrogens (primary N) is 1. The standard InChI is InChI=1S/C25H32N6O3S2/c1-2-22(31-24(26)28-29-25(31)35-18-19-10-6-5-7-11-19)23(32)27-20-12-14-21(15-13-20)36(33,34)30-16-8-3-4-9-17-30/h5-7,10-15,22H,2-4,8-9,16-18H2,1H3,(H2,26,28)(H,27,32). The molecule has 192 valence electrons. The van der Waals surface area contributed by atoms with Gasteiger partial charge in [-0.2, -0.15) is 4.31 Å². The molecule has 4 rings (SSSR count). The van der Waals surface area contributed by atoms with E-state index < -0.39 is 16.1 Å². The Labute approximate surface area is 216 Å². The van der Waals surface area contributed by atoms with E-state index in [2.05, 4.69) is 15.5 Å². The van der Waals surface area contributed by atoms with Gasteiger partial charge in [0.1, 0.15) is 6.04 Å². The molecule has 3 N–H and O–H groups in total. The number of amides is 1. The number of aromatic nitrogens is 3. The van der Waals surface area contributed by atoms with Crippen LogP contribution in [0.3, 0.4) is 0 Å². The van der Waals surface area contributed by atoms with Crippen LogP contribution in [0.2, 0.25) is 0 Å². The average molecular weight is 529 g/mol. The van der Waals surface area contributed by atoms with Crippen molar-refractivity contribution in [2.75, 3.05) is 24.1 Å². The number of rotatable bonds is 9. The summed E-state index contributed by atoms with van der Waals surface area (Å²) in [6, 6.07) is 15.7. The zero-order chi connectivity index (χ0) is 25.5. The van der Waals surface area contributed by atoms with Crippen molar-refractivity contribution in [1.29, 1.82) is 0 Å². The van der Waals surface area contributed by atoms with Gasteiger partial charge < -0.3 is 11.1 Å². The van der Waals surface area contributed by atoms with E-state index in [1.54, 1.807) is 33.1 Å². The Bertz CT molecular complexity index is 1250. The fraction of sp³-hybridized carbons (Fsp3) is 0.400. The van der Waals surface area contributed by atoms with Crippen molar-refractivity contribution in [2.45, 2.75) is 60.9 Å². The fourth-order valence-corrected chi connectivity index (χ4v) is 6.72. The molecular weight excluding hydrogens is 496 g/mol. The van der Waals surface area contributed by atoms with Crippen LogP contribution in [0.25, 0.3) is 0 Å². The summed E-state index contributed by atoms with van der Waals surface area (Å²) in [6.07, 6.45) is 4.35. The lowest BCUT2D eigenvalue weighted by molar-refractivity contribution is -0.119. The van der Waals surface area contributed by atoms with E-state index in [-0.39, 0.29) is 16.8 Å². The third kappa shape index (κ3) is 6.08. The summed E-state index contributed by atoms with van der Waals surface area (Å²) in [5.41, 5.74) is 7.73. The predicted molar refractivity (Wildman–Crippen MR) is 142 cm³/mol. The van der Waals surface area contributed by atoms with Crippen molar-refractivity contribution in [3.05, 3.63) is 60.2 Å². The summed E-state index contributed by atoms with van der Waals surface area (Å²) in [6.45, 7) is 2.99. The Kier molecular flexibility index (Phi) is 8.65. The number of nitrogen functional groups attached to an aromatic ring is 1. The minimum Gasteiger partial charge on any atom is -0.368 e. The van der Waals surface area contributed by atoms with Crippen LogP contribution in [0, 0.1) is 0 Å². The molecule has 11 heteroatoms. The molecule has 2 aromatic carbocycles.